The maximum Gasteiger partial charge on any atom is 0.331 e. The number of anilines is 1. The summed E-state index contributed by atoms with van der Waals surface area (Å²) in [6, 6.07) is 10.4. The summed E-state index contributed by atoms with van der Waals surface area (Å²) in [6.07, 6.45) is 2.90. The van der Waals surface area contributed by atoms with Crippen LogP contribution >= 0.6 is 0 Å². The van der Waals surface area contributed by atoms with Crippen molar-refractivity contribution >= 4 is 29.6 Å². The summed E-state index contributed by atoms with van der Waals surface area (Å²) in [5.41, 5.74) is 2.11. The van der Waals surface area contributed by atoms with Gasteiger partial charge in [-0.3, -0.25) is 14.8 Å². The Labute approximate surface area is 209 Å². The van der Waals surface area contributed by atoms with Gasteiger partial charge >= 0.3 is 18.0 Å². The van der Waals surface area contributed by atoms with Crippen LogP contribution in [0.3, 0.4) is 0 Å². The number of nitrogens with one attached hydrogen (secondary N) is 1. The van der Waals surface area contributed by atoms with Crippen molar-refractivity contribution in [3.05, 3.63) is 59.6 Å². The molecule has 0 radical (unpaired) electrons. The lowest BCUT2D eigenvalue weighted by molar-refractivity contribution is -0.134. The zero-order valence-corrected chi connectivity index (χ0v) is 20.4. The molecule has 0 aliphatic carbocycles. The molecule has 0 fully saturated rings. The van der Waals surface area contributed by atoms with Crippen molar-refractivity contribution in [2.24, 2.45) is 10.9 Å². The van der Waals surface area contributed by atoms with Crippen LogP contribution in [0, 0.1) is 5.92 Å². The van der Waals surface area contributed by atoms with Crippen LogP contribution in [0.2, 0.25) is 0 Å². The number of aliphatic imine (C=N–C) groups is 1. The highest BCUT2D eigenvalue weighted by atomic mass is 16.5. The summed E-state index contributed by atoms with van der Waals surface area (Å²) in [7, 11) is 0. The van der Waals surface area contributed by atoms with Gasteiger partial charge in [0.05, 0.1) is 0 Å². The molecule has 2 amide bonds. The second kappa shape index (κ2) is 12.6. The molecule has 4 rings (SSSR count). The molecule has 1 aromatic carbocycles. The molecule has 0 saturated heterocycles. The lowest BCUT2D eigenvalue weighted by Crippen LogP contribution is -2.55. The van der Waals surface area contributed by atoms with Gasteiger partial charge in [0.2, 0.25) is 0 Å². The van der Waals surface area contributed by atoms with E-state index in [4.69, 9.17) is 19.9 Å². The number of aliphatic carboxylic acids is 2. The predicted octanol–water partition coefficient (Wildman–Crippen LogP) is 2.93. The van der Waals surface area contributed by atoms with Gasteiger partial charge in [0.25, 0.3) is 0 Å². The van der Waals surface area contributed by atoms with Gasteiger partial charge in [0.15, 0.2) is 11.7 Å². The van der Waals surface area contributed by atoms with Gasteiger partial charge in [-0.15, -0.1) is 0 Å². The van der Waals surface area contributed by atoms with Crippen molar-refractivity contribution in [1.29, 1.82) is 0 Å². The number of aromatic amines is 1. The van der Waals surface area contributed by atoms with Crippen molar-refractivity contribution in [2.45, 2.75) is 33.3 Å². The molecule has 3 heterocycles. The molecule has 0 spiro atoms. The van der Waals surface area contributed by atoms with Gasteiger partial charge in [-0.2, -0.15) is 0 Å². The number of ether oxygens (including phenoxy) is 1. The number of nitrogens with zero attached hydrogens (tertiary/aromatic N) is 4. The highest BCUT2D eigenvalue weighted by molar-refractivity contribution is 6.17. The minimum atomic E-state index is -1.26. The van der Waals surface area contributed by atoms with Crippen molar-refractivity contribution in [1.82, 2.24) is 14.9 Å². The number of carboxylic acids is 2. The number of rotatable bonds is 9. The number of aromatic nitrogens is 2. The van der Waals surface area contributed by atoms with E-state index in [-0.39, 0.29) is 6.03 Å². The van der Waals surface area contributed by atoms with E-state index < -0.39 is 11.9 Å². The second-order valence-corrected chi connectivity index (χ2v) is 8.29. The van der Waals surface area contributed by atoms with E-state index in [1.54, 1.807) is 4.90 Å². The number of hydrogen-bond acceptors (Lipinski definition) is 6. The normalized spacial score (nSPS) is 16.7. The number of benzene rings is 1. The van der Waals surface area contributed by atoms with Crippen LogP contribution in [0.4, 0.5) is 10.6 Å². The summed E-state index contributed by atoms with van der Waals surface area (Å²) >= 11 is 0. The number of amidine groups is 1. The molecule has 2 aromatic rings. The number of carbonyl (C=O) groups is 3. The summed E-state index contributed by atoms with van der Waals surface area (Å²) in [6.45, 7) is 7.07. The third-order valence-electron chi connectivity index (χ3n) is 5.50. The summed E-state index contributed by atoms with van der Waals surface area (Å²) < 4.78 is 5.49. The molecular weight excluding hydrogens is 466 g/mol. The van der Waals surface area contributed by atoms with E-state index in [1.165, 1.54) is 5.56 Å². The average molecular weight is 498 g/mol. The molecule has 3 N–H and O–H groups in total. The maximum atomic E-state index is 13.2. The molecule has 1 unspecified atom stereocenters. The maximum absolute atomic E-state index is 13.2. The first kappa shape index (κ1) is 26.6. The molecule has 1 aromatic heterocycles. The summed E-state index contributed by atoms with van der Waals surface area (Å²) in [4.78, 5) is 48.7. The molecular formula is C25H31N5O6. The zero-order chi connectivity index (χ0) is 26.1. The standard InChI is InChI=1S/C21H27N5O2.C4H4O4/c1-3-10-25-20-18(23-17(24-20)14-28-4-2)19-22-12-16(13-26(19)21(25)27)11-15-8-6-5-7-9-15;5-3(6)1-2-4(7)8/h5-9,16H,3-4,10-14H2,1-2H3,(H,23,24);1-2H,(H,5,6)(H,7,8)/b;2-1+. The lowest BCUT2D eigenvalue weighted by atomic mass is 9.97. The van der Waals surface area contributed by atoms with Gasteiger partial charge in [-0.1, -0.05) is 37.3 Å². The van der Waals surface area contributed by atoms with E-state index in [0.717, 1.165) is 24.4 Å². The third kappa shape index (κ3) is 6.79. The second-order valence-electron chi connectivity index (χ2n) is 8.29. The Bertz CT molecular complexity index is 1110. The van der Waals surface area contributed by atoms with Crippen LogP contribution in [0.25, 0.3) is 0 Å². The van der Waals surface area contributed by atoms with Crippen LogP contribution in [-0.2, 0) is 27.4 Å². The van der Waals surface area contributed by atoms with Crippen molar-refractivity contribution in [2.75, 3.05) is 31.1 Å². The van der Waals surface area contributed by atoms with Gasteiger partial charge in [0.1, 0.15) is 18.1 Å². The molecule has 2 aliphatic heterocycles. The largest absolute Gasteiger partial charge is 0.478 e. The molecule has 1 atom stereocenters. The van der Waals surface area contributed by atoms with Gasteiger partial charge < -0.3 is 19.9 Å². The molecule has 11 nitrogen and oxygen atoms in total. The van der Waals surface area contributed by atoms with Crippen LogP contribution in [0.5, 0.6) is 0 Å². The smallest absolute Gasteiger partial charge is 0.331 e. The predicted molar refractivity (Wildman–Crippen MR) is 133 cm³/mol. The van der Waals surface area contributed by atoms with Gasteiger partial charge in [0, 0.05) is 44.3 Å². The van der Waals surface area contributed by atoms with Gasteiger partial charge in [-0.05, 0) is 25.3 Å². The quantitative estimate of drug-likeness (QED) is 0.451. The number of imidazole rings is 1. The van der Waals surface area contributed by atoms with E-state index in [2.05, 4.69) is 41.2 Å². The minimum absolute atomic E-state index is 0.0275. The van der Waals surface area contributed by atoms with E-state index in [1.807, 2.05) is 17.9 Å². The molecule has 2 aliphatic rings. The number of fused-ring (bicyclic) bond motifs is 3. The number of urea groups is 1. The number of amides is 2. The third-order valence-corrected chi connectivity index (χ3v) is 5.50. The van der Waals surface area contributed by atoms with Crippen molar-refractivity contribution in [3.63, 3.8) is 0 Å². The summed E-state index contributed by atoms with van der Waals surface area (Å²) in [5, 5.41) is 15.6. The average Bonchev–Trinajstić information content (AvgIpc) is 3.29. The Morgan fingerprint density at radius 1 is 1.17 bits per heavy atom. The number of carboxylic acid groups (broad SMARTS) is 2. The zero-order valence-electron chi connectivity index (χ0n) is 20.4. The highest BCUT2D eigenvalue weighted by Gasteiger charge is 2.40. The monoisotopic (exact) mass is 497 g/mol. The Kier molecular flexibility index (Phi) is 9.34. The number of hydrogen-bond donors (Lipinski definition) is 3. The van der Waals surface area contributed by atoms with Crippen LogP contribution in [-0.4, -0.2) is 75.1 Å². The SMILES string of the molecule is CCCN1C(=O)N2CC(Cc3ccccc3)CN=C2c2[nH]c(COCC)nc21.O=C(O)/C=C/C(=O)O. The van der Waals surface area contributed by atoms with Gasteiger partial charge in [-0.25, -0.2) is 19.4 Å². The molecule has 11 heteroatoms. The Hall–Kier alpha value is -3.99. The van der Waals surface area contributed by atoms with Crippen LogP contribution in [0.1, 0.15) is 37.4 Å². The first-order valence-electron chi connectivity index (χ1n) is 11.8. The molecule has 36 heavy (non-hydrogen) atoms. The number of H-pyrrole nitrogens is 1. The molecule has 0 bridgehead atoms. The Morgan fingerprint density at radius 2 is 1.86 bits per heavy atom. The fraction of sp³-hybridized carbons (Fsp3) is 0.400. The first-order valence-corrected chi connectivity index (χ1v) is 11.8. The highest BCUT2D eigenvalue weighted by Crippen LogP contribution is 2.31. The topological polar surface area (TPSA) is 148 Å². The Morgan fingerprint density at radius 3 is 2.47 bits per heavy atom. The van der Waals surface area contributed by atoms with Crippen LogP contribution in [0.15, 0.2) is 47.5 Å². The van der Waals surface area contributed by atoms with Crippen molar-refractivity contribution < 1.29 is 29.3 Å². The fourth-order valence-electron chi connectivity index (χ4n) is 4.00. The van der Waals surface area contributed by atoms with E-state index in [9.17, 15) is 14.4 Å². The van der Waals surface area contributed by atoms with Crippen molar-refractivity contribution in [3.8, 4) is 0 Å². The summed E-state index contributed by atoms with van der Waals surface area (Å²) in [5.74, 6) is -0.0765. The Balaban J connectivity index is 0.000000392. The molecule has 192 valence electrons. The first-order chi connectivity index (χ1) is 17.3. The number of carbonyl (C=O) groups excluding carboxylic acids is 1. The minimum Gasteiger partial charge on any atom is -0.478 e. The fourth-order valence-corrected chi connectivity index (χ4v) is 4.00. The van der Waals surface area contributed by atoms with Crippen LogP contribution < -0.4 is 4.90 Å². The molecule has 0 saturated carbocycles. The lowest BCUT2D eigenvalue weighted by Gasteiger charge is -2.39. The van der Waals surface area contributed by atoms with E-state index >= 15 is 0 Å². The van der Waals surface area contributed by atoms with E-state index in [0.29, 0.717) is 62.6 Å².